The lowest BCUT2D eigenvalue weighted by Crippen LogP contribution is -1.94. The minimum absolute atomic E-state index is 0.552. The van der Waals surface area contributed by atoms with Crippen LogP contribution < -0.4 is 0 Å². The van der Waals surface area contributed by atoms with E-state index in [1.54, 1.807) is 13.3 Å². The van der Waals surface area contributed by atoms with Gasteiger partial charge in [-0.25, -0.2) is 9.97 Å². The zero-order valence-electron chi connectivity index (χ0n) is 6.57. The molecular weight excluding hydrogens is 160 g/mol. The maximum absolute atomic E-state index is 4.93. The van der Waals surface area contributed by atoms with Crippen molar-refractivity contribution in [3.63, 3.8) is 0 Å². The summed E-state index contributed by atoms with van der Waals surface area (Å²) >= 11 is 1.53. The molecular formula is C7H10N2OS. The Balaban J connectivity index is 2.74. The van der Waals surface area contributed by atoms with Gasteiger partial charge < -0.3 is 4.74 Å². The van der Waals surface area contributed by atoms with Gasteiger partial charge in [0.25, 0.3) is 0 Å². The molecule has 1 heterocycles. The average molecular weight is 170 g/mol. The summed E-state index contributed by atoms with van der Waals surface area (Å²) in [5, 5.41) is 0.791. The largest absolute Gasteiger partial charge is 0.378 e. The predicted octanol–water partition coefficient (Wildman–Crippen LogP) is 1.34. The van der Waals surface area contributed by atoms with E-state index >= 15 is 0 Å². The Kier molecular flexibility index (Phi) is 3.32. The van der Waals surface area contributed by atoms with Gasteiger partial charge in [0.05, 0.1) is 12.3 Å². The molecule has 0 fully saturated rings. The van der Waals surface area contributed by atoms with E-state index in [9.17, 15) is 0 Å². The van der Waals surface area contributed by atoms with E-state index in [4.69, 9.17) is 4.74 Å². The Morgan fingerprint density at radius 1 is 1.64 bits per heavy atom. The fourth-order valence-corrected chi connectivity index (χ4v) is 1.08. The fourth-order valence-electron chi connectivity index (χ4n) is 0.703. The van der Waals surface area contributed by atoms with Crippen molar-refractivity contribution in [2.24, 2.45) is 0 Å². The van der Waals surface area contributed by atoms with Crippen molar-refractivity contribution in [3.8, 4) is 0 Å². The summed E-state index contributed by atoms with van der Waals surface area (Å²) < 4.78 is 4.93. The van der Waals surface area contributed by atoms with Gasteiger partial charge >= 0.3 is 0 Å². The van der Waals surface area contributed by atoms with E-state index in [0.29, 0.717) is 6.61 Å². The number of hydrogen-bond acceptors (Lipinski definition) is 4. The summed E-state index contributed by atoms with van der Waals surface area (Å²) in [5.41, 5.74) is 0.923. The molecule has 0 bridgehead atoms. The lowest BCUT2D eigenvalue weighted by atomic mass is 10.4. The third-order valence-corrected chi connectivity index (χ3v) is 1.73. The Bertz CT molecular complexity index is 229. The number of ether oxygens (including phenoxy) is 1. The summed E-state index contributed by atoms with van der Waals surface area (Å²) in [4.78, 5) is 8.24. The van der Waals surface area contributed by atoms with E-state index in [1.165, 1.54) is 11.8 Å². The molecule has 1 aromatic rings. The molecule has 1 aromatic heterocycles. The number of thioether (sulfide) groups is 1. The summed E-state index contributed by atoms with van der Waals surface area (Å²) in [6.45, 7) is 0.552. The van der Waals surface area contributed by atoms with Crippen LogP contribution in [0, 0.1) is 0 Å². The second kappa shape index (κ2) is 4.31. The molecule has 60 valence electrons. The summed E-state index contributed by atoms with van der Waals surface area (Å²) in [7, 11) is 1.65. The number of methoxy groups -OCH3 is 1. The first-order valence-electron chi connectivity index (χ1n) is 3.21. The molecule has 0 saturated heterocycles. The van der Waals surface area contributed by atoms with Crippen LogP contribution in [0.1, 0.15) is 5.69 Å². The van der Waals surface area contributed by atoms with E-state index in [1.807, 2.05) is 12.3 Å². The second-order valence-electron chi connectivity index (χ2n) is 1.97. The van der Waals surface area contributed by atoms with Crippen LogP contribution >= 0.6 is 11.8 Å². The Morgan fingerprint density at radius 2 is 2.45 bits per heavy atom. The van der Waals surface area contributed by atoms with Gasteiger partial charge in [-0.05, 0) is 12.3 Å². The molecule has 4 heteroatoms. The highest BCUT2D eigenvalue weighted by Crippen LogP contribution is 2.07. The van der Waals surface area contributed by atoms with Crippen LogP contribution in [0.15, 0.2) is 17.4 Å². The van der Waals surface area contributed by atoms with Gasteiger partial charge in [-0.2, -0.15) is 0 Å². The molecule has 1 rings (SSSR count). The standard InChI is InChI=1S/C7H10N2OS/c1-10-5-6-3-4-8-7(9-6)11-2/h3-4H,5H2,1-2H3. The third kappa shape index (κ3) is 2.48. The molecule has 0 aliphatic heterocycles. The Labute approximate surface area is 70.2 Å². The highest BCUT2D eigenvalue weighted by molar-refractivity contribution is 7.98. The third-order valence-electron chi connectivity index (χ3n) is 1.17. The van der Waals surface area contributed by atoms with Gasteiger partial charge in [0, 0.05) is 13.3 Å². The quantitative estimate of drug-likeness (QED) is 0.506. The zero-order chi connectivity index (χ0) is 8.10. The highest BCUT2D eigenvalue weighted by atomic mass is 32.2. The Morgan fingerprint density at radius 3 is 3.09 bits per heavy atom. The maximum Gasteiger partial charge on any atom is 0.187 e. The normalized spacial score (nSPS) is 10.0. The van der Waals surface area contributed by atoms with Crippen LogP contribution in [0.4, 0.5) is 0 Å². The maximum atomic E-state index is 4.93. The molecule has 0 radical (unpaired) electrons. The summed E-state index contributed by atoms with van der Waals surface area (Å²) in [6, 6.07) is 1.85. The second-order valence-corrected chi connectivity index (χ2v) is 2.74. The molecule has 0 saturated carbocycles. The summed E-state index contributed by atoms with van der Waals surface area (Å²) in [5.74, 6) is 0. The lowest BCUT2D eigenvalue weighted by molar-refractivity contribution is 0.180. The van der Waals surface area contributed by atoms with E-state index in [0.717, 1.165) is 10.9 Å². The number of nitrogens with zero attached hydrogens (tertiary/aromatic N) is 2. The first-order valence-corrected chi connectivity index (χ1v) is 4.44. The van der Waals surface area contributed by atoms with Crippen LogP contribution in [0.25, 0.3) is 0 Å². The van der Waals surface area contributed by atoms with Crippen LogP contribution in [0.3, 0.4) is 0 Å². The van der Waals surface area contributed by atoms with Crippen molar-refractivity contribution < 1.29 is 4.74 Å². The van der Waals surface area contributed by atoms with Crippen LogP contribution in [0.5, 0.6) is 0 Å². The van der Waals surface area contributed by atoms with Crippen molar-refractivity contribution in [1.29, 1.82) is 0 Å². The predicted molar refractivity (Wildman–Crippen MR) is 44.5 cm³/mol. The van der Waals surface area contributed by atoms with Crippen molar-refractivity contribution in [2.75, 3.05) is 13.4 Å². The molecule has 0 aliphatic rings. The molecule has 0 spiro atoms. The molecule has 0 unspecified atom stereocenters. The van der Waals surface area contributed by atoms with Gasteiger partial charge in [0.1, 0.15) is 0 Å². The van der Waals surface area contributed by atoms with Crippen LogP contribution in [-0.2, 0) is 11.3 Å². The monoisotopic (exact) mass is 170 g/mol. The Hall–Kier alpha value is -0.610. The van der Waals surface area contributed by atoms with Crippen LogP contribution in [0.2, 0.25) is 0 Å². The topological polar surface area (TPSA) is 35.0 Å². The molecule has 0 atom stereocenters. The van der Waals surface area contributed by atoms with Crippen LogP contribution in [-0.4, -0.2) is 23.3 Å². The molecule has 0 aliphatic carbocycles. The average Bonchev–Trinajstić information content (AvgIpc) is 2.06. The summed E-state index contributed by atoms with van der Waals surface area (Å²) in [6.07, 6.45) is 3.69. The van der Waals surface area contributed by atoms with Gasteiger partial charge in [-0.1, -0.05) is 11.8 Å². The minimum Gasteiger partial charge on any atom is -0.378 e. The van der Waals surface area contributed by atoms with Gasteiger partial charge in [-0.3, -0.25) is 0 Å². The first-order chi connectivity index (χ1) is 5.36. The first kappa shape index (κ1) is 8.49. The van der Waals surface area contributed by atoms with Gasteiger partial charge in [-0.15, -0.1) is 0 Å². The molecule has 3 nitrogen and oxygen atoms in total. The zero-order valence-corrected chi connectivity index (χ0v) is 7.39. The minimum atomic E-state index is 0.552. The fraction of sp³-hybridized carbons (Fsp3) is 0.429. The molecule has 0 amide bonds. The van der Waals surface area contributed by atoms with E-state index in [2.05, 4.69) is 9.97 Å². The number of aromatic nitrogens is 2. The van der Waals surface area contributed by atoms with Gasteiger partial charge in [0.15, 0.2) is 5.16 Å². The highest BCUT2D eigenvalue weighted by Gasteiger charge is 1.95. The van der Waals surface area contributed by atoms with Gasteiger partial charge in [0.2, 0.25) is 0 Å². The number of rotatable bonds is 3. The van der Waals surface area contributed by atoms with Crippen molar-refractivity contribution in [2.45, 2.75) is 11.8 Å². The smallest absolute Gasteiger partial charge is 0.187 e. The molecule has 0 N–H and O–H groups in total. The lowest BCUT2D eigenvalue weighted by Gasteiger charge is -1.98. The molecule has 11 heavy (non-hydrogen) atoms. The van der Waals surface area contributed by atoms with Crippen molar-refractivity contribution in [3.05, 3.63) is 18.0 Å². The number of hydrogen-bond donors (Lipinski definition) is 0. The molecule has 0 aromatic carbocycles. The van der Waals surface area contributed by atoms with E-state index < -0.39 is 0 Å². The van der Waals surface area contributed by atoms with Crippen molar-refractivity contribution >= 4 is 11.8 Å². The van der Waals surface area contributed by atoms with Crippen molar-refractivity contribution in [1.82, 2.24) is 9.97 Å². The van der Waals surface area contributed by atoms with E-state index in [-0.39, 0.29) is 0 Å². The SMILES string of the molecule is COCc1ccnc(SC)n1.